The topological polar surface area (TPSA) is 84.0 Å². The number of hydrogen-bond acceptors (Lipinski definition) is 3. The van der Waals surface area contributed by atoms with Gasteiger partial charge in [0.2, 0.25) is 5.91 Å². The minimum atomic E-state index is -0.397. The van der Waals surface area contributed by atoms with Gasteiger partial charge in [-0.15, -0.1) is 0 Å². The maximum atomic E-state index is 13.0. The Morgan fingerprint density at radius 2 is 2.08 bits per heavy atom. The fourth-order valence-electron chi connectivity index (χ4n) is 4.09. The van der Waals surface area contributed by atoms with Crippen molar-refractivity contribution >= 4 is 22.5 Å². The van der Waals surface area contributed by atoms with Crippen LogP contribution in [0, 0.1) is 11.8 Å². The summed E-state index contributed by atoms with van der Waals surface area (Å²) in [7, 11) is 0. The van der Waals surface area contributed by atoms with Crippen LogP contribution in [0.15, 0.2) is 39.9 Å². The number of anilines is 1. The second-order valence-corrected chi connectivity index (χ2v) is 7.55. The smallest absolute Gasteiger partial charge is 0.326 e. The largest absolute Gasteiger partial charge is 0.329 e. The van der Waals surface area contributed by atoms with Gasteiger partial charge in [-0.05, 0) is 56.2 Å². The number of nitrogens with one attached hydrogen (secondary N) is 2. The van der Waals surface area contributed by atoms with Gasteiger partial charge in [-0.2, -0.15) is 0 Å². The highest BCUT2D eigenvalue weighted by molar-refractivity contribution is 5.91. The first-order chi connectivity index (χ1) is 12.3. The normalized spacial score (nSPS) is 21.6. The number of nitrogens with zero attached hydrogens (tertiary/aromatic N) is 1. The Morgan fingerprint density at radius 1 is 1.35 bits per heavy atom. The molecule has 1 aliphatic carbocycles. The molecular weight excluding hydrogens is 330 g/mol. The summed E-state index contributed by atoms with van der Waals surface area (Å²) in [5.41, 5.74) is 1.46. The van der Waals surface area contributed by atoms with E-state index in [4.69, 9.17) is 0 Å². The molecule has 0 saturated heterocycles. The highest BCUT2D eigenvalue weighted by Crippen LogP contribution is 2.37. The Bertz CT molecular complexity index is 986. The zero-order chi connectivity index (χ0) is 19.0. The molecule has 1 aromatic heterocycles. The Kier molecular flexibility index (Phi) is 4.85. The minimum Gasteiger partial charge on any atom is -0.326 e. The van der Waals surface area contributed by atoms with E-state index in [2.05, 4.69) is 23.8 Å². The fraction of sp³-hybridized carbons (Fsp3) is 0.450. The molecule has 1 fully saturated rings. The molecule has 3 rings (SSSR count). The van der Waals surface area contributed by atoms with Crippen LogP contribution >= 0.6 is 0 Å². The first-order valence-electron chi connectivity index (χ1n) is 8.99. The van der Waals surface area contributed by atoms with Gasteiger partial charge in [-0.1, -0.05) is 19.1 Å². The molecule has 1 aromatic carbocycles. The highest BCUT2D eigenvalue weighted by atomic mass is 16.2. The second kappa shape index (κ2) is 6.94. The molecule has 1 amide bonds. The molecule has 2 N–H and O–H groups in total. The lowest BCUT2D eigenvalue weighted by Gasteiger charge is -2.33. The van der Waals surface area contributed by atoms with Crippen LogP contribution < -0.4 is 16.6 Å². The maximum absolute atomic E-state index is 13.0. The molecule has 26 heavy (non-hydrogen) atoms. The van der Waals surface area contributed by atoms with Crippen LogP contribution in [0.1, 0.15) is 46.1 Å². The molecule has 3 unspecified atom stereocenters. The number of fused-ring (bicyclic) bond motifs is 1. The molecule has 0 spiro atoms. The van der Waals surface area contributed by atoms with E-state index in [1.165, 1.54) is 17.1 Å². The number of carbonyl (C=O) groups is 1. The third kappa shape index (κ3) is 3.49. The first-order valence-corrected chi connectivity index (χ1v) is 8.99. The van der Waals surface area contributed by atoms with Crippen LogP contribution in [0.3, 0.4) is 0 Å². The first kappa shape index (κ1) is 18.2. The van der Waals surface area contributed by atoms with Crippen molar-refractivity contribution in [1.29, 1.82) is 0 Å². The van der Waals surface area contributed by atoms with E-state index < -0.39 is 5.69 Å². The summed E-state index contributed by atoms with van der Waals surface area (Å²) in [4.78, 5) is 39.7. The number of aromatic amines is 1. The van der Waals surface area contributed by atoms with Gasteiger partial charge in [-0.25, -0.2) is 4.79 Å². The molecule has 6 heteroatoms. The molecule has 1 heterocycles. The second-order valence-electron chi connectivity index (χ2n) is 7.55. The molecule has 2 aromatic rings. The van der Waals surface area contributed by atoms with E-state index in [0.717, 1.165) is 19.3 Å². The Hall–Kier alpha value is -2.63. The number of carbonyl (C=O) groups excluding carboxylic acids is 1. The predicted molar refractivity (Wildman–Crippen MR) is 103 cm³/mol. The van der Waals surface area contributed by atoms with Crippen molar-refractivity contribution in [2.24, 2.45) is 11.8 Å². The molecule has 0 bridgehead atoms. The van der Waals surface area contributed by atoms with E-state index in [9.17, 15) is 14.4 Å². The van der Waals surface area contributed by atoms with Gasteiger partial charge in [0.1, 0.15) is 0 Å². The van der Waals surface area contributed by atoms with E-state index >= 15 is 0 Å². The van der Waals surface area contributed by atoms with Crippen molar-refractivity contribution in [3.8, 4) is 0 Å². The standard InChI is InChI=1S/C20H25N3O3/c1-11-7-12(2)9-15(8-11)13(3)23-19(25)17-10-16(21-14(4)24)5-6-18(17)22-20(23)26/h5-6,10,12-13,15H,1,7-9H2,2-4H3,(H,21,24)(H,22,26). The van der Waals surface area contributed by atoms with E-state index in [1.807, 2.05) is 6.92 Å². The van der Waals surface area contributed by atoms with Crippen molar-refractivity contribution in [2.45, 2.75) is 46.1 Å². The molecule has 6 nitrogen and oxygen atoms in total. The molecule has 1 saturated carbocycles. The molecule has 0 radical (unpaired) electrons. The lowest BCUT2D eigenvalue weighted by Crippen LogP contribution is -2.40. The van der Waals surface area contributed by atoms with Crippen molar-refractivity contribution in [2.75, 3.05) is 5.32 Å². The molecular formula is C20H25N3O3. The number of aromatic nitrogens is 2. The third-order valence-electron chi connectivity index (χ3n) is 5.23. The van der Waals surface area contributed by atoms with Gasteiger partial charge in [0.05, 0.1) is 10.9 Å². The van der Waals surface area contributed by atoms with Crippen LogP contribution in [0.4, 0.5) is 5.69 Å². The molecule has 1 aliphatic rings. The minimum absolute atomic E-state index is 0.209. The van der Waals surface area contributed by atoms with E-state index in [-0.39, 0.29) is 23.4 Å². The van der Waals surface area contributed by atoms with Crippen LogP contribution in [0.25, 0.3) is 10.9 Å². The average molecular weight is 355 g/mol. The third-order valence-corrected chi connectivity index (χ3v) is 5.23. The molecule has 0 aliphatic heterocycles. The average Bonchev–Trinajstić information content (AvgIpc) is 2.54. The monoisotopic (exact) mass is 355 g/mol. The zero-order valence-corrected chi connectivity index (χ0v) is 15.5. The van der Waals surface area contributed by atoms with Crippen molar-refractivity contribution < 1.29 is 4.79 Å². The fourth-order valence-corrected chi connectivity index (χ4v) is 4.09. The van der Waals surface area contributed by atoms with Crippen LogP contribution in [0.2, 0.25) is 0 Å². The van der Waals surface area contributed by atoms with Gasteiger partial charge in [-0.3, -0.25) is 14.2 Å². The van der Waals surface area contributed by atoms with Gasteiger partial charge < -0.3 is 10.3 Å². The Morgan fingerprint density at radius 3 is 2.73 bits per heavy atom. The summed E-state index contributed by atoms with van der Waals surface area (Å²) >= 11 is 0. The van der Waals surface area contributed by atoms with Crippen molar-refractivity contribution in [3.05, 3.63) is 51.2 Å². The summed E-state index contributed by atoms with van der Waals surface area (Å²) in [6.07, 6.45) is 2.81. The Balaban J connectivity index is 2.07. The van der Waals surface area contributed by atoms with Crippen LogP contribution in [0.5, 0.6) is 0 Å². The predicted octanol–water partition coefficient (Wildman–Crippen LogP) is 3.20. The lowest BCUT2D eigenvalue weighted by atomic mass is 9.77. The number of H-pyrrole nitrogens is 1. The van der Waals surface area contributed by atoms with Gasteiger partial charge >= 0.3 is 5.69 Å². The summed E-state index contributed by atoms with van der Waals surface area (Å²) in [6.45, 7) is 9.63. The van der Waals surface area contributed by atoms with Crippen molar-refractivity contribution in [1.82, 2.24) is 9.55 Å². The van der Waals surface area contributed by atoms with Gasteiger partial charge in [0.15, 0.2) is 0 Å². The summed E-state index contributed by atoms with van der Waals surface area (Å²) in [5, 5.41) is 3.07. The number of hydrogen-bond donors (Lipinski definition) is 2. The lowest BCUT2D eigenvalue weighted by molar-refractivity contribution is -0.114. The van der Waals surface area contributed by atoms with Gasteiger partial charge in [0, 0.05) is 18.7 Å². The van der Waals surface area contributed by atoms with Crippen LogP contribution in [-0.4, -0.2) is 15.5 Å². The molecule has 138 valence electrons. The Labute approximate surface area is 151 Å². The zero-order valence-electron chi connectivity index (χ0n) is 15.5. The van der Waals surface area contributed by atoms with E-state index in [0.29, 0.717) is 22.5 Å². The highest BCUT2D eigenvalue weighted by Gasteiger charge is 2.28. The van der Waals surface area contributed by atoms with Gasteiger partial charge in [0.25, 0.3) is 5.56 Å². The van der Waals surface area contributed by atoms with E-state index in [1.54, 1.807) is 18.2 Å². The maximum Gasteiger partial charge on any atom is 0.329 e. The summed E-state index contributed by atoms with van der Waals surface area (Å²) in [5.74, 6) is 0.503. The SMILES string of the molecule is C=C1CC(C)CC(C(C)n2c(=O)[nH]c3ccc(NC(C)=O)cc3c2=O)C1. The van der Waals surface area contributed by atoms with Crippen molar-refractivity contribution in [3.63, 3.8) is 0 Å². The number of rotatable bonds is 3. The summed E-state index contributed by atoms with van der Waals surface area (Å²) < 4.78 is 1.32. The number of amides is 1. The molecule has 3 atom stereocenters. The quantitative estimate of drug-likeness (QED) is 0.829. The number of benzene rings is 1. The van der Waals surface area contributed by atoms with Crippen LogP contribution in [-0.2, 0) is 4.79 Å². The summed E-state index contributed by atoms with van der Waals surface area (Å²) in [6, 6.07) is 4.70. The number of allylic oxidation sites excluding steroid dienone is 1.